The summed E-state index contributed by atoms with van der Waals surface area (Å²) >= 11 is 0. The molecule has 1 aliphatic rings. The lowest BCUT2D eigenvalue weighted by molar-refractivity contribution is -0.119. The molecule has 0 bridgehead atoms. The number of aromatic nitrogens is 1. The van der Waals surface area contributed by atoms with Gasteiger partial charge in [0.25, 0.3) is 0 Å². The zero-order valence-electron chi connectivity index (χ0n) is 9.60. The summed E-state index contributed by atoms with van der Waals surface area (Å²) in [7, 11) is 1.50. The van der Waals surface area contributed by atoms with Crippen LogP contribution in [0, 0.1) is 5.92 Å². The quantitative estimate of drug-likeness (QED) is 0.806. The fraction of sp³-hybridized carbons (Fsp3) is 0.455. The maximum atomic E-state index is 11.8. The lowest BCUT2D eigenvalue weighted by Crippen LogP contribution is -2.23. The zero-order chi connectivity index (χ0) is 12.3. The van der Waals surface area contributed by atoms with E-state index in [-0.39, 0.29) is 11.8 Å². The van der Waals surface area contributed by atoms with E-state index in [2.05, 4.69) is 10.3 Å². The molecule has 0 spiro atoms. The van der Waals surface area contributed by atoms with Gasteiger partial charge in [-0.1, -0.05) is 0 Å². The minimum atomic E-state index is -0.112. The number of nitrogens with one attached hydrogen (secondary N) is 1. The predicted octanol–water partition coefficient (Wildman–Crippen LogP) is 0.647. The molecule has 3 N–H and O–H groups in total. The Hall–Kier alpha value is -1.82. The summed E-state index contributed by atoms with van der Waals surface area (Å²) in [6.45, 7) is 1.09. The first-order valence-electron chi connectivity index (χ1n) is 5.39. The van der Waals surface area contributed by atoms with E-state index in [0.29, 0.717) is 30.5 Å². The summed E-state index contributed by atoms with van der Waals surface area (Å²) in [6.07, 6.45) is 2.21. The molecule has 1 amide bonds. The Morgan fingerprint density at radius 3 is 3.18 bits per heavy atom. The van der Waals surface area contributed by atoms with Crippen LogP contribution < -0.4 is 15.8 Å². The van der Waals surface area contributed by atoms with Gasteiger partial charge in [-0.25, -0.2) is 4.98 Å². The lowest BCUT2D eigenvalue weighted by atomic mass is 10.1. The highest BCUT2D eigenvalue weighted by Gasteiger charge is 2.24. The number of nitrogen functional groups attached to an aromatic ring is 1. The fourth-order valence-electron chi connectivity index (χ4n) is 1.67. The second kappa shape index (κ2) is 5.01. The number of pyridine rings is 1. The molecule has 1 aromatic heterocycles. The van der Waals surface area contributed by atoms with Crippen LogP contribution in [0.3, 0.4) is 0 Å². The molecule has 6 heteroatoms. The van der Waals surface area contributed by atoms with E-state index in [9.17, 15) is 4.79 Å². The molecule has 1 fully saturated rings. The topological polar surface area (TPSA) is 86.5 Å². The van der Waals surface area contributed by atoms with Gasteiger partial charge in [0.2, 0.25) is 5.91 Å². The minimum Gasteiger partial charge on any atom is -0.493 e. The van der Waals surface area contributed by atoms with Crippen molar-refractivity contribution in [1.29, 1.82) is 0 Å². The number of nitrogens with zero attached hydrogens (tertiary/aromatic N) is 1. The summed E-state index contributed by atoms with van der Waals surface area (Å²) in [4.78, 5) is 15.9. The van der Waals surface area contributed by atoms with Gasteiger partial charge in [0.15, 0.2) is 11.6 Å². The van der Waals surface area contributed by atoms with E-state index in [1.54, 1.807) is 6.07 Å². The van der Waals surface area contributed by atoms with Gasteiger partial charge in [-0.3, -0.25) is 4.79 Å². The number of carbonyl (C=O) groups is 1. The van der Waals surface area contributed by atoms with Crippen molar-refractivity contribution in [1.82, 2.24) is 4.98 Å². The minimum absolute atomic E-state index is 0.0990. The third kappa shape index (κ3) is 2.65. The van der Waals surface area contributed by atoms with Gasteiger partial charge in [0.05, 0.1) is 31.5 Å². The fourth-order valence-corrected chi connectivity index (χ4v) is 1.67. The number of nitrogens with two attached hydrogens (primary N) is 1. The van der Waals surface area contributed by atoms with Gasteiger partial charge in [-0.15, -0.1) is 0 Å². The highest BCUT2D eigenvalue weighted by molar-refractivity contribution is 5.93. The van der Waals surface area contributed by atoms with Gasteiger partial charge in [0, 0.05) is 12.7 Å². The molecular formula is C11H15N3O3. The standard InChI is InChI=1S/C11H15N3O3/c1-16-9-4-8(12)5-13-10(9)14-11(15)7-2-3-17-6-7/h4-5,7H,2-3,6,12H2,1H3,(H,13,14,15). The van der Waals surface area contributed by atoms with Crippen LogP contribution in [-0.4, -0.2) is 31.2 Å². The van der Waals surface area contributed by atoms with Gasteiger partial charge >= 0.3 is 0 Å². The SMILES string of the molecule is COc1cc(N)cnc1NC(=O)C1CCOC1. The Morgan fingerprint density at radius 1 is 1.71 bits per heavy atom. The number of rotatable bonds is 3. The molecule has 1 aliphatic heterocycles. The van der Waals surface area contributed by atoms with E-state index in [4.69, 9.17) is 15.2 Å². The molecular weight excluding hydrogens is 222 g/mol. The lowest BCUT2D eigenvalue weighted by Gasteiger charge is -2.11. The summed E-state index contributed by atoms with van der Waals surface area (Å²) in [5.41, 5.74) is 6.07. The van der Waals surface area contributed by atoms with Crippen molar-refractivity contribution >= 4 is 17.4 Å². The summed E-state index contributed by atoms with van der Waals surface area (Å²) in [5.74, 6) is 0.632. The number of anilines is 2. The van der Waals surface area contributed by atoms with E-state index in [1.165, 1.54) is 13.3 Å². The number of carbonyl (C=O) groups excluding carboxylic acids is 1. The van der Waals surface area contributed by atoms with Crippen LogP contribution in [0.4, 0.5) is 11.5 Å². The molecule has 1 unspecified atom stereocenters. The van der Waals surface area contributed by atoms with Crippen molar-refractivity contribution in [3.8, 4) is 5.75 Å². The van der Waals surface area contributed by atoms with Crippen molar-refractivity contribution in [2.24, 2.45) is 5.92 Å². The third-order valence-corrected chi connectivity index (χ3v) is 2.64. The smallest absolute Gasteiger partial charge is 0.231 e. The largest absolute Gasteiger partial charge is 0.493 e. The Balaban J connectivity index is 2.09. The molecule has 0 radical (unpaired) electrons. The predicted molar refractivity (Wildman–Crippen MR) is 62.8 cm³/mol. The van der Waals surface area contributed by atoms with E-state index in [0.717, 1.165) is 6.42 Å². The monoisotopic (exact) mass is 237 g/mol. The number of methoxy groups -OCH3 is 1. The van der Waals surface area contributed by atoms with Gasteiger partial charge < -0.3 is 20.5 Å². The first kappa shape index (κ1) is 11.7. The normalized spacial score (nSPS) is 19.0. The molecule has 1 aromatic rings. The Morgan fingerprint density at radius 2 is 2.53 bits per heavy atom. The highest BCUT2D eigenvalue weighted by Crippen LogP contribution is 2.25. The molecule has 0 aromatic carbocycles. The van der Waals surface area contributed by atoms with Crippen LogP contribution in [0.25, 0.3) is 0 Å². The molecule has 17 heavy (non-hydrogen) atoms. The maximum Gasteiger partial charge on any atom is 0.231 e. The van der Waals surface area contributed by atoms with Crippen molar-refractivity contribution in [2.45, 2.75) is 6.42 Å². The van der Waals surface area contributed by atoms with Crippen LogP contribution in [-0.2, 0) is 9.53 Å². The van der Waals surface area contributed by atoms with Crippen molar-refractivity contribution in [3.63, 3.8) is 0 Å². The van der Waals surface area contributed by atoms with Crippen molar-refractivity contribution < 1.29 is 14.3 Å². The van der Waals surface area contributed by atoms with Gasteiger partial charge in [0.1, 0.15) is 0 Å². The number of amides is 1. The van der Waals surface area contributed by atoms with Crippen molar-refractivity contribution in [2.75, 3.05) is 31.4 Å². The first-order valence-corrected chi connectivity index (χ1v) is 5.39. The summed E-state index contributed by atoms with van der Waals surface area (Å²) < 4.78 is 10.3. The average Bonchev–Trinajstić information content (AvgIpc) is 2.85. The Bertz CT molecular complexity index is 416. The first-order chi connectivity index (χ1) is 8.20. The van der Waals surface area contributed by atoms with E-state index < -0.39 is 0 Å². The average molecular weight is 237 g/mol. The number of ether oxygens (including phenoxy) is 2. The highest BCUT2D eigenvalue weighted by atomic mass is 16.5. The summed E-state index contributed by atoms with van der Waals surface area (Å²) in [6, 6.07) is 1.62. The number of hydrogen-bond acceptors (Lipinski definition) is 5. The van der Waals surface area contributed by atoms with E-state index in [1.807, 2.05) is 0 Å². The van der Waals surface area contributed by atoms with Crippen LogP contribution in [0.1, 0.15) is 6.42 Å². The number of hydrogen-bond donors (Lipinski definition) is 2. The summed E-state index contributed by atoms with van der Waals surface area (Å²) in [5, 5.41) is 2.72. The molecule has 92 valence electrons. The second-order valence-electron chi connectivity index (χ2n) is 3.87. The van der Waals surface area contributed by atoms with Gasteiger partial charge in [-0.05, 0) is 6.42 Å². The van der Waals surface area contributed by atoms with Crippen LogP contribution in [0.2, 0.25) is 0 Å². The zero-order valence-corrected chi connectivity index (χ0v) is 9.60. The second-order valence-corrected chi connectivity index (χ2v) is 3.87. The Kier molecular flexibility index (Phi) is 3.43. The Labute approximate surface area is 99.1 Å². The molecule has 2 rings (SSSR count). The molecule has 2 heterocycles. The van der Waals surface area contributed by atoms with Crippen LogP contribution in [0.15, 0.2) is 12.3 Å². The van der Waals surface area contributed by atoms with Crippen LogP contribution in [0.5, 0.6) is 5.75 Å². The molecule has 1 saturated heterocycles. The molecule has 6 nitrogen and oxygen atoms in total. The third-order valence-electron chi connectivity index (χ3n) is 2.64. The molecule has 0 aliphatic carbocycles. The van der Waals surface area contributed by atoms with Crippen LogP contribution >= 0.6 is 0 Å². The van der Waals surface area contributed by atoms with Gasteiger partial charge in [-0.2, -0.15) is 0 Å². The van der Waals surface area contributed by atoms with Crippen molar-refractivity contribution in [3.05, 3.63) is 12.3 Å². The molecule has 0 saturated carbocycles. The van der Waals surface area contributed by atoms with E-state index >= 15 is 0 Å². The molecule has 1 atom stereocenters. The maximum absolute atomic E-state index is 11.8.